The molecule has 0 bridgehead atoms. The molecule has 0 heterocycles. The molecule has 0 aromatic rings. The molecular weight excluding hydrogens is 250 g/mol. The van der Waals surface area contributed by atoms with E-state index in [9.17, 15) is 31.1 Å². The average molecular weight is 259 g/mol. The lowest BCUT2D eigenvalue weighted by Crippen LogP contribution is -2.41. The zero-order valence-corrected chi connectivity index (χ0v) is 8.80. The monoisotopic (exact) mass is 259 g/mol. The van der Waals surface area contributed by atoms with Crippen molar-refractivity contribution in [2.45, 2.75) is 38.5 Å². The second-order valence-corrected chi connectivity index (χ2v) is 5.09. The molecule has 2 rings (SSSR count). The van der Waals surface area contributed by atoms with Crippen LogP contribution in [-0.4, -0.2) is 18.6 Å². The van der Waals surface area contributed by atoms with Crippen LogP contribution in [-0.2, 0) is 4.79 Å². The van der Waals surface area contributed by atoms with E-state index in [1.54, 1.807) is 0 Å². The van der Waals surface area contributed by atoms with Gasteiger partial charge in [0.2, 0.25) is 6.29 Å². The summed E-state index contributed by atoms with van der Waals surface area (Å²) in [4.78, 5) is 10.5. The second-order valence-electron chi connectivity index (χ2n) is 5.09. The fourth-order valence-electron chi connectivity index (χ4n) is 2.96. The van der Waals surface area contributed by atoms with E-state index in [0.717, 1.165) is 13.2 Å². The van der Waals surface area contributed by atoms with Crippen LogP contribution < -0.4 is 0 Å². The highest BCUT2D eigenvalue weighted by molar-refractivity contribution is 5.70. The Bertz CT molecular complexity index is 366. The van der Waals surface area contributed by atoms with E-state index >= 15 is 0 Å². The minimum Gasteiger partial charge on any atom is -0.290 e. The first-order chi connectivity index (χ1) is 7.47. The molecule has 0 saturated heterocycles. The van der Waals surface area contributed by atoms with Crippen LogP contribution in [0.25, 0.3) is 0 Å². The molecule has 1 radical (unpaired) electrons. The molecule has 0 aliphatic heterocycles. The van der Waals surface area contributed by atoms with E-state index in [1.807, 2.05) is 0 Å². The van der Waals surface area contributed by atoms with Gasteiger partial charge in [0, 0.05) is 5.41 Å². The van der Waals surface area contributed by atoms with Crippen molar-refractivity contribution in [3.63, 3.8) is 0 Å². The third kappa shape index (κ3) is 1.20. The first-order valence-corrected chi connectivity index (χ1v) is 5.00. The summed E-state index contributed by atoms with van der Waals surface area (Å²) in [5.41, 5.74) is -7.38. The predicted molar refractivity (Wildman–Crippen MR) is 44.6 cm³/mol. The van der Waals surface area contributed by atoms with Gasteiger partial charge in [0.15, 0.2) is 0 Å². The van der Waals surface area contributed by atoms with Crippen molar-refractivity contribution < 1.29 is 31.1 Å². The van der Waals surface area contributed by atoms with Gasteiger partial charge in [0.25, 0.3) is 0 Å². The molecule has 2 aliphatic carbocycles. The topological polar surface area (TPSA) is 17.1 Å². The quantitative estimate of drug-likeness (QED) is 0.694. The number of hydrogen-bond donors (Lipinski definition) is 0. The van der Waals surface area contributed by atoms with Gasteiger partial charge in [-0.25, -0.2) is 0 Å². The molecule has 1 nitrogen and oxygen atoms in total. The molecule has 2 unspecified atom stereocenters. The Kier molecular flexibility index (Phi) is 2.09. The standard InChI is InChI=1S/C10H9F6O/c1-6(7(2-3-7)9(11,12)13)4-8(6,5-17)10(14,15)16/h2-4H2,1H3. The Morgan fingerprint density at radius 1 is 1.00 bits per heavy atom. The molecular formula is C10H9F6O. The summed E-state index contributed by atoms with van der Waals surface area (Å²) in [5.74, 6) is 0. The van der Waals surface area contributed by atoms with Crippen LogP contribution in [0.3, 0.4) is 0 Å². The van der Waals surface area contributed by atoms with E-state index in [2.05, 4.69) is 0 Å². The maximum Gasteiger partial charge on any atom is 0.402 e. The molecule has 0 spiro atoms. The molecule has 0 aromatic heterocycles. The van der Waals surface area contributed by atoms with Crippen LogP contribution >= 0.6 is 0 Å². The van der Waals surface area contributed by atoms with Gasteiger partial charge < -0.3 is 0 Å². The second kappa shape index (κ2) is 2.80. The fraction of sp³-hybridized carbons (Fsp3) is 0.900. The predicted octanol–water partition coefficient (Wildman–Crippen LogP) is 3.40. The number of halogens is 6. The molecule has 2 aliphatic rings. The molecule has 17 heavy (non-hydrogen) atoms. The summed E-state index contributed by atoms with van der Waals surface area (Å²) in [6.45, 7) is 0.895. The lowest BCUT2D eigenvalue weighted by atomic mass is 9.79. The Balaban J connectivity index is 2.40. The van der Waals surface area contributed by atoms with Crippen molar-refractivity contribution >= 4 is 6.29 Å². The molecule has 7 heteroatoms. The van der Waals surface area contributed by atoms with Crippen molar-refractivity contribution in [2.75, 3.05) is 0 Å². The van der Waals surface area contributed by atoms with E-state index < -0.39 is 35.0 Å². The zero-order chi connectivity index (χ0) is 13.3. The van der Waals surface area contributed by atoms with Gasteiger partial charge in [-0.15, -0.1) is 0 Å². The van der Waals surface area contributed by atoms with Gasteiger partial charge in [-0.1, -0.05) is 6.92 Å². The smallest absolute Gasteiger partial charge is 0.290 e. The molecule has 0 aromatic carbocycles. The Morgan fingerprint density at radius 2 is 1.47 bits per heavy atom. The number of carbonyl (C=O) groups excluding carboxylic acids is 1. The van der Waals surface area contributed by atoms with Crippen LogP contribution in [0, 0.1) is 16.2 Å². The van der Waals surface area contributed by atoms with Gasteiger partial charge in [0.1, 0.15) is 5.41 Å². The average Bonchev–Trinajstić information content (AvgIpc) is 2.91. The summed E-state index contributed by atoms with van der Waals surface area (Å²) in [5, 5.41) is 0. The van der Waals surface area contributed by atoms with Crippen molar-refractivity contribution in [1.82, 2.24) is 0 Å². The molecule has 2 saturated carbocycles. The minimum absolute atomic E-state index is 0.341. The lowest BCUT2D eigenvalue weighted by molar-refractivity contribution is -0.228. The van der Waals surface area contributed by atoms with Crippen LogP contribution in [0.5, 0.6) is 0 Å². The molecule has 2 atom stereocenters. The maximum atomic E-state index is 12.8. The normalized spacial score (nSPS) is 39.9. The van der Waals surface area contributed by atoms with Gasteiger partial charge in [-0.3, -0.25) is 4.79 Å². The maximum absolute atomic E-state index is 12.8. The zero-order valence-electron chi connectivity index (χ0n) is 8.80. The van der Waals surface area contributed by atoms with Crippen LogP contribution in [0.15, 0.2) is 0 Å². The number of alkyl halides is 6. The van der Waals surface area contributed by atoms with Gasteiger partial charge in [-0.05, 0) is 19.3 Å². The number of rotatable bonds is 2. The van der Waals surface area contributed by atoms with Crippen LogP contribution in [0.4, 0.5) is 26.3 Å². The Hall–Kier alpha value is -0.750. The summed E-state index contributed by atoms with van der Waals surface area (Å²) < 4.78 is 76.5. The SMILES string of the molecule is CC1(C2(C(F)(F)F)CC2)CC1([C]=O)C(F)(F)F. The van der Waals surface area contributed by atoms with Crippen molar-refractivity contribution in [2.24, 2.45) is 16.2 Å². The van der Waals surface area contributed by atoms with E-state index in [-0.39, 0.29) is 12.8 Å². The largest absolute Gasteiger partial charge is 0.402 e. The Labute approximate surface area is 93.2 Å². The highest BCUT2D eigenvalue weighted by Crippen LogP contribution is 2.85. The fourth-order valence-corrected chi connectivity index (χ4v) is 2.96. The third-order valence-corrected chi connectivity index (χ3v) is 4.44. The van der Waals surface area contributed by atoms with Crippen molar-refractivity contribution in [3.8, 4) is 0 Å². The van der Waals surface area contributed by atoms with Crippen molar-refractivity contribution in [1.29, 1.82) is 0 Å². The molecule has 97 valence electrons. The van der Waals surface area contributed by atoms with E-state index in [4.69, 9.17) is 0 Å². The Morgan fingerprint density at radius 3 is 1.65 bits per heavy atom. The third-order valence-electron chi connectivity index (χ3n) is 4.44. The minimum atomic E-state index is -4.97. The highest BCUT2D eigenvalue weighted by atomic mass is 19.4. The summed E-state index contributed by atoms with van der Waals surface area (Å²) in [6, 6.07) is 0. The summed E-state index contributed by atoms with van der Waals surface area (Å²) in [7, 11) is 0. The van der Waals surface area contributed by atoms with Crippen molar-refractivity contribution in [3.05, 3.63) is 0 Å². The summed E-state index contributed by atoms with van der Waals surface area (Å²) in [6.07, 6.45) is -10.3. The van der Waals surface area contributed by atoms with Gasteiger partial charge in [-0.2, -0.15) is 26.3 Å². The highest BCUT2D eigenvalue weighted by Gasteiger charge is 2.90. The first-order valence-electron chi connectivity index (χ1n) is 5.00. The van der Waals surface area contributed by atoms with E-state index in [1.165, 1.54) is 0 Å². The number of hydrogen-bond acceptors (Lipinski definition) is 1. The van der Waals surface area contributed by atoms with Crippen LogP contribution in [0.2, 0.25) is 0 Å². The van der Waals surface area contributed by atoms with E-state index in [0.29, 0.717) is 0 Å². The molecule has 2 fully saturated rings. The van der Waals surface area contributed by atoms with Crippen LogP contribution in [0.1, 0.15) is 26.2 Å². The lowest BCUT2D eigenvalue weighted by Gasteiger charge is -2.30. The van der Waals surface area contributed by atoms with Gasteiger partial charge in [0.05, 0.1) is 5.41 Å². The molecule has 0 N–H and O–H groups in total. The summed E-state index contributed by atoms with van der Waals surface area (Å²) >= 11 is 0. The van der Waals surface area contributed by atoms with Gasteiger partial charge >= 0.3 is 12.4 Å². The first kappa shape index (κ1) is 12.7. The molecule has 0 amide bonds.